The van der Waals surface area contributed by atoms with E-state index in [1.165, 1.54) is 5.56 Å². The molecule has 0 atom stereocenters. The molecule has 1 aromatic carbocycles. The van der Waals surface area contributed by atoms with Gasteiger partial charge in [-0.15, -0.1) is 0 Å². The molecule has 26 heavy (non-hydrogen) atoms. The third kappa shape index (κ3) is 4.11. The molecule has 0 radical (unpaired) electrons. The van der Waals surface area contributed by atoms with E-state index in [1.54, 1.807) is 0 Å². The maximum atomic E-state index is 5.44. The van der Waals surface area contributed by atoms with Crippen LogP contribution in [0.5, 0.6) is 0 Å². The Bertz CT molecular complexity index is 890. The zero-order valence-electron chi connectivity index (χ0n) is 15.6. The van der Waals surface area contributed by atoms with E-state index in [2.05, 4.69) is 39.9 Å². The quantitative estimate of drug-likeness (QED) is 0.678. The van der Waals surface area contributed by atoms with Crippen LogP contribution in [-0.2, 0) is 20.1 Å². The van der Waals surface area contributed by atoms with E-state index in [0.29, 0.717) is 11.7 Å². The van der Waals surface area contributed by atoms with Crippen LogP contribution >= 0.6 is 12.2 Å². The summed E-state index contributed by atoms with van der Waals surface area (Å²) in [4.78, 5) is 0. The Morgan fingerprint density at radius 3 is 2.50 bits per heavy atom. The fourth-order valence-electron chi connectivity index (χ4n) is 2.84. The second-order valence-corrected chi connectivity index (χ2v) is 6.81. The molecule has 0 aliphatic carbocycles. The smallest absolute Gasteiger partial charge is 0.171 e. The summed E-state index contributed by atoms with van der Waals surface area (Å²) in [6, 6.07) is 12.3. The summed E-state index contributed by atoms with van der Waals surface area (Å²) in [5.41, 5.74) is 6.24. The van der Waals surface area contributed by atoms with Gasteiger partial charge in [-0.3, -0.25) is 9.36 Å². The van der Waals surface area contributed by atoms with Crippen LogP contribution in [0.1, 0.15) is 28.3 Å². The Labute approximate surface area is 159 Å². The molecular weight excluding hydrogens is 344 g/mol. The van der Waals surface area contributed by atoms with E-state index in [1.807, 2.05) is 54.5 Å². The number of nitrogens with one attached hydrogen (secondary N) is 2. The lowest BCUT2D eigenvalue weighted by atomic mass is 10.2. The monoisotopic (exact) mass is 368 g/mol. The molecule has 0 unspecified atom stereocenters. The van der Waals surface area contributed by atoms with Crippen LogP contribution in [0.25, 0.3) is 0 Å². The summed E-state index contributed by atoms with van der Waals surface area (Å²) < 4.78 is 3.85. The third-order valence-corrected chi connectivity index (χ3v) is 4.64. The van der Waals surface area contributed by atoms with Crippen molar-refractivity contribution in [3.8, 4) is 0 Å². The van der Waals surface area contributed by atoms with Crippen LogP contribution in [-0.4, -0.2) is 24.7 Å². The van der Waals surface area contributed by atoms with Gasteiger partial charge in [0.1, 0.15) is 0 Å². The first-order chi connectivity index (χ1) is 12.4. The fourth-order valence-corrected chi connectivity index (χ4v) is 3.01. The molecular formula is C19H24N6S. The number of aryl methyl sites for hydroxylation is 3. The molecule has 0 bridgehead atoms. The Hall–Kier alpha value is -2.67. The predicted octanol–water partition coefficient (Wildman–Crippen LogP) is 3.08. The van der Waals surface area contributed by atoms with Crippen molar-refractivity contribution in [1.82, 2.24) is 24.9 Å². The Kier molecular flexibility index (Phi) is 5.37. The van der Waals surface area contributed by atoms with Crippen LogP contribution in [0.4, 0.5) is 5.69 Å². The average molecular weight is 369 g/mol. The van der Waals surface area contributed by atoms with Gasteiger partial charge >= 0.3 is 0 Å². The zero-order chi connectivity index (χ0) is 18.7. The number of aromatic nitrogens is 4. The van der Waals surface area contributed by atoms with E-state index in [-0.39, 0.29) is 0 Å². The van der Waals surface area contributed by atoms with Gasteiger partial charge < -0.3 is 10.6 Å². The number of nitrogens with zero attached hydrogens (tertiary/aromatic N) is 4. The van der Waals surface area contributed by atoms with E-state index in [0.717, 1.165) is 35.0 Å². The lowest BCUT2D eigenvalue weighted by Crippen LogP contribution is -2.28. The Morgan fingerprint density at radius 2 is 1.85 bits per heavy atom. The highest BCUT2D eigenvalue weighted by atomic mass is 32.1. The molecule has 3 aromatic rings. The van der Waals surface area contributed by atoms with E-state index < -0.39 is 0 Å². The molecule has 2 heterocycles. The number of rotatable bonds is 5. The highest BCUT2D eigenvalue weighted by Crippen LogP contribution is 2.20. The summed E-state index contributed by atoms with van der Waals surface area (Å²) in [6.45, 7) is 7.39. The minimum atomic E-state index is 0.568. The lowest BCUT2D eigenvalue weighted by Gasteiger charge is -2.10. The first-order valence-corrected chi connectivity index (χ1v) is 8.97. The van der Waals surface area contributed by atoms with Crippen molar-refractivity contribution < 1.29 is 0 Å². The van der Waals surface area contributed by atoms with Crippen LogP contribution < -0.4 is 10.6 Å². The van der Waals surface area contributed by atoms with Gasteiger partial charge in [0.2, 0.25) is 0 Å². The highest BCUT2D eigenvalue weighted by Gasteiger charge is 2.13. The summed E-state index contributed by atoms with van der Waals surface area (Å²) >= 11 is 5.44. The van der Waals surface area contributed by atoms with Gasteiger partial charge in [-0.25, -0.2) is 0 Å². The van der Waals surface area contributed by atoms with Gasteiger partial charge in [0.15, 0.2) is 5.11 Å². The van der Waals surface area contributed by atoms with Gasteiger partial charge in [0.05, 0.1) is 35.9 Å². The summed E-state index contributed by atoms with van der Waals surface area (Å²) in [6.07, 6.45) is 0. The molecule has 2 N–H and O–H groups in total. The molecule has 136 valence electrons. The minimum absolute atomic E-state index is 0.568. The standard InChI is InChI=1S/C19H24N6S/c1-13-10-17(23-24(13)4)11-20-19(26)21-18-14(2)22-25(15(18)3)12-16-8-6-5-7-9-16/h5-10H,11-12H2,1-4H3,(H2,20,21,26). The molecule has 0 saturated carbocycles. The first kappa shape index (κ1) is 18.1. The summed E-state index contributed by atoms with van der Waals surface area (Å²) in [7, 11) is 1.93. The van der Waals surface area contributed by atoms with Crippen molar-refractivity contribution in [3.63, 3.8) is 0 Å². The van der Waals surface area contributed by atoms with Gasteiger partial charge in [0.25, 0.3) is 0 Å². The van der Waals surface area contributed by atoms with E-state index in [4.69, 9.17) is 12.2 Å². The molecule has 6 nitrogen and oxygen atoms in total. The molecule has 7 heteroatoms. The first-order valence-electron chi connectivity index (χ1n) is 8.56. The second-order valence-electron chi connectivity index (χ2n) is 6.40. The van der Waals surface area contributed by atoms with Crippen molar-refractivity contribution in [2.24, 2.45) is 7.05 Å². The summed E-state index contributed by atoms with van der Waals surface area (Å²) in [5.74, 6) is 0. The van der Waals surface area contributed by atoms with E-state index >= 15 is 0 Å². The largest absolute Gasteiger partial charge is 0.357 e. The predicted molar refractivity (Wildman–Crippen MR) is 108 cm³/mol. The molecule has 0 aliphatic heterocycles. The van der Waals surface area contributed by atoms with Gasteiger partial charge in [-0.05, 0) is 44.6 Å². The zero-order valence-corrected chi connectivity index (χ0v) is 16.4. The van der Waals surface area contributed by atoms with Crippen molar-refractivity contribution >= 4 is 23.0 Å². The molecule has 0 spiro atoms. The Morgan fingerprint density at radius 1 is 1.12 bits per heavy atom. The number of hydrogen-bond donors (Lipinski definition) is 2. The number of thiocarbonyl (C=S) groups is 1. The summed E-state index contributed by atoms with van der Waals surface area (Å²) in [5, 5.41) is 16.1. The van der Waals surface area contributed by atoms with E-state index in [9.17, 15) is 0 Å². The maximum absolute atomic E-state index is 5.44. The van der Waals surface area contributed by atoms with Crippen molar-refractivity contribution in [2.45, 2.75) is 33.9 Å². The van der Waals surface area contributed by atoms with Crippen LogP contribution in [0.15, 0.2) is 36.4 Å². The molecule has 0 saturated heterocycles. The van der Waals surface area contributed by atoms with Crippen LogP contribution in [0.2, 0.25) is 0 Å². The topological polar surface area (TPSA) is 59.7 Å². The third-order valence-electron chi connectivity index (χ3n) is 4.39. The van der Waals surface area contributed by atoms with Crippen LogP contribution in [0, 0.1) is 20.8 Å². The number of anilines is 1. The number of hydrogen-bond acceptors (Lipinski definition) is 3. The molecule has 0 amide bonds. The normalized spacial score (nSPS) is 10.8. The van der Waals surface area contributed by atoms with Gasteiger partial charge in [-0.1, -0.05) is 30.3 Å². The minimum Gasteiger partial charge on any atom is -0.357 e. The van der Waals surface area contributed by atoms with Crippen molar-refractivity contribution in [1.29, 1.82) is 0 Å². The number of benzene rings is 1. The lowest BCUT2D eigenvalue weighted by molar-refractivity contribution is 0.659. The van der Waals surface area contributed by atoms with Crippen LogP contribution in [0.3, 0.4) is 0 Å². The molecule has 0 aliphatic rings. The molecule has 0 fully saturated rings. The highest BCUT2D eigenvalue weighted by molar-refractivity contribution is 7.80. The Balaban J connectivity index is 1.64. The average Bonchev–Trinajstić information content (AvgIpc) is 3.07. The molecule has 3 rings (SSSR count). The fraction of sp³-hybridized carbons (Fsp3) is 0.316. The van der Waals surface area contributed by atoms with Gasteiger partial charge in [-0.2, -0.15) is 10.2 Å². The van der Waals surface area contributed by atoms with Crippen molar-refractivity contribution in [3.05, 3.63) is 64.7 Å². The molecule has 2 aromatic heterocycles. The maximum Gasteiger partial charge on any atom is 0.171 e. The second kappa shape index (κ2) is 7.70. The SMILES string of the molecule is Cc1nn(Cc2ccccc2)c(C)c1NC(=S)NCc1cc(C)n(C)n1. The van der Waals surface area contributed by atoms with Gasteiger partial charge in [0, 0.05) is 12.7 Å². The van der Waals surface area contributed by atoms with Crippen molar-refractivity contribution in [2.75, 3.05) is 5.32 Å².